The normalized spacial score (nSPS) is 11.0. The van der Waals surface area contributed by atoms with Crippen LogP contribution in [-0.2, 0) is 4.74 Å². The van der Waals surface area contributed by atoms with Crippen LogP contribution < -0.4 is 25.4 Å². The van der Waals surface area contributed by atoms with Crippen LogP contribution in [0, 0.1) is 0 Å². The number of benzene rings is 3. The van der Waals surface area contributed by atoms with Crippen molar-refractivity contribution in [3.05, 3.63) is 66.7 Å². The van der Waals surface area contributed by atoms with Crippen molar-refractivity contribution in [3.63, 3.8) is 0 Å². The van der Waals surface area contributed by atoms with Crippen LogP contribution >= 0.6 is 0 Å². The highest BCUT2D eigenvalue weighted by atomic mass is 19.4. The molecular formula is C23H18F3N5O5. The number of urea groups is 1. The van der Waals surface area contributed by atoms with Crippen LogP contribution in [0.15, 0.2) is 66.7 Å². The van der Waals surface area contributed by atoms with Crippen LogP contribution in [0.1, 0.15) is 0 Å². The Hall–Kier alpha value is -4.94. The molecule has 13 heteroatoms. The van der Waals surface area contributed by atoms with E-state index in [0.717, 1.165) is 6.07 Å². The first-order valence-corrected chi connectivity index (χ1v) is 10.2. The van der Waals surface area contributed by atoms with E-state index in [4.69, 9.17) is 4.74 Å². The van der Waals surface area contributed by atoms with Gasteiger partial charge in [-0.2, -0.15) is 0 Å². The molecule has 0 bridgehead atoms. The van der Waals surface area contributed by atoms with E-state index in [1.807, 2.05) is 0 Å². The molecule has 1 heterocycles. The number of aromatic amines is 1. The lowest BCUT2D eigenvalue weighted by atomic mass is 10.2. The Bertz CT molecular complexity index is 1410. The number of alkyl halides is 3. The maximum atomic E-state index is 12.6. The van der Waals surface area contributed by atoms with E-state index in [2.05, 4.69) is 35.4 Å². The van der Waals surface area contributed by atoms with E-state index >= 15 is 0 Å². The number of methoxy groups -OCH3 is 1. The van der Waals surface area contributed by atoms with Crippen LogP contribution in [0.5, 0.6) is 17.2 Å². The second kappa shape index (κ2) is 10.1. The van der Waals surface area contributed by atoms with Gasteiger partial charge in [0.2, 0.25) is 5.95 Å². The zero-order valence-corrected chi connectivity index (χ0v) is 18.5. The summed E-state index contributed by atoms with van der Waals surface area (Å²) in [5.41, 5.74) is 1.33. The molecular weight excluding hydrogens is 483 g/mol. The number of carbonyl (C=O) groups is 2. The number of amides is 3. The third kappa shape index (κ3) is 6.34. The largest absolute Gasteiger partial charge is 0.573 e. The van der Waals surface area contributed by atoms with E-state index in [0.29, 0.717) is 28.2 Å². The highest BCUT2D eigenvalue weighted by Crippen LogP contribution is 2.31. The standard InChI is InChI=1S/C23H18F3N5O5/c1-34-22(33)31-20-28-16-10-9-15(12-18(16)29-20)35-14-6-4-5-13(11-14)27-21(32)30-17-7-2-3-8-19(17)36-23(24,25)26/h2-12H,1H3,(H2,27,30,32)(H2,28,29,31,33). The van der Waals surface area contributed by atoms with Crippen LogP contribution in [-0.4, -0.2) is 35.6 Å². The average Bonchev–Trinajstić information content (AvgIpc) is 3.21. The van der Waals surface area contributed by atoms with Crippen molar-refractivity contribution >= 4 is 40.5 Å². The first-order chi connectivity index (χ1) is 17.2. The number of hydrogen-bond donors (Lipinski definition) is 4. The van der Waals surface area contributed by atoms with Gasteiger partial charge in [0.1, 0.15) is 11.5 Å². The molecule has 0 aliphatic heterocycles. The number of ether oxygens (including phenoxy) is 3. The minimum atomic E-state index is -4.90. The minimum absolute atomic E-state index is 0.159. The fourth-order valence-corrected chi connectivity index (χ4v) is 3.10. The van der Waals surface area contributed by atoms with E-state index in [-0.39, 0.29) is 11.6 Å². The number of aromatic nitrogens is 2. The van der Waals surface area contributed by atoms with Crippen molar-refractivity contribution < 1.29 is 37.0 Å². The molecule has 3 amide bonds. The summed E-state index contributed by atoms with van der Waals surface area (Å²) in [6, 6.07) is 15.8. The lowest BCUT2D eigenvalue weighted by Gasteiger charge is -2.14. The van der Waals surface area contributed by atoms with Gasteiger partial charge in [-0.1, -0.05) is 18.2 Å². The zero-order valence-electron chi connectivity index (χ0n) is 18.5. The number of carbonyl (C=O) groups excluding carboxylic acids is 2. The molecule has 1 aromatic heterocycles. The number of H-pyrrole nitrogens is 1. The summed E-state index contributed by atoms with van der Waals surface area (Å²) in [6.07, 6.45) is -5.58. The number of halogens is 3. The molecule has 0 radical (unpaired) electrons. The Balaban J connectivity index is 1.42. The quantitative estimate of drug-likeness (QED) is 0.254. The maximum absolute atomic E-state index is 12.6. The number of nitrogens with zero attached hydrogens (tertiary/aromatic N) is 1. The highest BCUT2D eigenvalue weighted by molar-refractivity contribution is 6.00. The Morgan fingerprint density at radius 1 is 0.917 bits per heavy atom. The number of anilines is 3. The Kier molecular flexibility index (Phi) is 6.81. The zero-order chi connectivity index (χ0) is 25.7. The van der Waals surface area contributed by atoms with Gasteiger partial charge in [-0.3, -0.25) is 5.32 Å². The number of hydrogen-bond acceptors (Lipinski definition) is 6. The molecule has 0 spiro atoms. The molecule has 4 rings (SSSR count). The van der Waals surface area contributed by atoms with Crippen molar-refractivity contribution in [2.24, 2.45) is 0 Å². The SMILES string of the molecule is COC(=O)Nc1nc2cc(Oc3cccc(NC(=O)Nc4ccccc4OC(F)(F)F)c3)ccc2[nH]1. The first-order valence-electron chi connectivity index (χ1n) is 10.2. The van der Waals surface area contributed by atoms with Gasteiger partial charge in [-0.25, -0.2) is 14.6 Å². The Labute approximate surface area is 201 Å². The van der Waals surface area contributed by atoms with Gasteiger partial charge >= 0.3 is 18.5 Å². The molecule has 4 aromatic rings. The van der Waals surface area contributed by atoms with Gasteiger partial charge in [0.05, 0.1) is 23.8 Å². The maximum Gasteiger partial charge on any atom is 0.573 e. The predicted molar refractivity (Wildman–Crippen MR) is 124 cm³/mol. The summed E-state index contributed by atoms with van der Waals surface area (Å²) in [4.78, 5) is 30.9. The molecule has 0 aliphatic carbocycles. The third-order valence-corrected chi connectivity index (χ3v) is 4.55. The molecule has 0 fully saturated rings. The Morgan fingerprint density at radius 3 is 2.47 bits per heavy atom. The molecule has 0 saturated heterocycles. The topological polar surface area (TPSA) is 127 Å². The lowest BCUT2D eigenvalue weighted by molar-refractivity contribution is -0.274. The van der Waals surface area contributed by atoms with Gasteiger partial charge < -0.3 is 29.8 Å². The molecule has 0 aliphatic rings. The summed E-state index contributed by atoms with van der Waals surface area (Å²) >= 11 is 0. The fraction of sp³-hybridized carbons (Fsp3) is 0.0870. The summed E-state index contributed by atoms with van der Waals surface area (Å²) in [7, 11) is 1.23. The molecule has 0 unspecified atom stereocenters. The van der Waals surface area contributed by atoms with Gasteiger partial charge in [0.25, 0.3) is 0 Å². The molecule has 3 aromatic carbocycles. The summed E-state index contributed by atoms with van der Waals surface area (Å²) in [5, 5.41) is 7.28. The Morgan fingerprint density at radius 2 is 1.69 bits per heavy atom. The van der Waals surface area contributed by atoms with Crippen molar-refractivity contribution in [2.75, 3.05) is 23.1 Å². The van der Waals surface area contributed by atoms with Crippen molar-refractivity contribution in [1.29, 1.82) is 0 Å². The molecule has 36 heavy (non-hydrogen) atoms. The summed E-state index contributed by atoms with van der Waals surface area (Å²) in [5.74, 6) is 0.458. The smallest absolute Gasteiger partial charge is 0.457 e. The molecule has 0 saturated carbocycles. The number of rotatable bonds is 6. The number of fused-ring (bicyclic) bond motifs is 1. The molecule has 10 nitrogen and oxygen atoms in total. The van der Waals surface area contributed by atoms with Gasteiger partial charge in [-0.05, 0) is 36.4 Å². The number of para-hydroxylation sites is 2. The lowest BCUT2D eigenvalue weighted by Crippen LogP contribution is -2.22. The summed E-state index contributed by atoms with van der Waals surface area (Å²) in [6.45, 7) is 0. The van der Waals surface area contributed by atoms with E-state index in [1.54, 1.807) is 36.4 Å². The van der Waals surface area contributed by atoms with E-state index in [9.17, 15) is 22.8 Å². The second-order valence-corrected chi connectivity index (χ2v) is 7.13. The van der Waals surface area contributed by atoms with Crippen LogP contribution in [0.3, 0.4) is 0 Å². The number of nitrogens with one attached hydrogen (secondary N) is 4. The average molecular weight is 501 g/mol. The van der Waals surface area contributed by atoms with Crippen molar-refractivity contribution in [1.82, 2.24) is 9.97 Å². The predicted octanol–water partition coefficient (Wildman–Crippen LogP) is 6.08. The van der Waals surface area contributed by atoms with Crippen LogP contribution in [0.25, 0.3) is 11.0 Å². The highest BCUT2D eigenvalue weighted by Gasteiger charge is 2.32. The summed E-state index contributed by atoms with van der Waals surface area (Å²) < 4.78 is 52.1. The molecule has 4 N–H and O–H groups in total. The van der Waals surface area contributed by atoms with Crippen molar-refractivity contribution in [2.45, 2.75) is 6.36 Å². The van der Waals surface area contributed by atoms with E-state index < -0.39 is 24.2 Å². The first kappa shape index (κ1) is 24.2. The van der Waals surface area contributed by atoms with Crippen molar-refractivity contribution in [3.8, 4) is 17.2 Å². The monoisotopic (exact) mass is 501 g/mol. The van der Waals surface area contributed by atoms with Gasteiger partial charge in [0, 0.05) is 17.8 Å². The van der Waals surface area contributed by atoms with Gasteiger partial charge in [0.15, 0.2) is 5.75 Å². The second-order valence-electron chi connectivity index (χ2n) is 7.13. The third-order valence-electron chi connectivity index (χ3n) is 4.55. The molecule has 0 atom stereocenters. The number of imidazole rings is 1. The van der Waals surface area contributed by atoms with Crippen LogP contribution in [0.4, 0.5) is 40.1 Å². The van der Waals surface area contributed by atoms with Gasteiger partial charge in [-0.15, -0.1) is 13.2 Å². The minimum Gasteiger partial charge on any atom is -0.457 e. The van der Waals surface area contributed by atoms with Crippen LogP contribution in [0.2, 0.25) is 0 Å². The molecule has 186 valence electrons. The fourth-order valence-electron chi connectivity index (χ4n) is 3.10. The van der Waals surface area contributed by atoms with E-state index in [1.165, 1.54) is 31.4 Å².